The number of hydrogen-bond donors (Lipinski definition) is 2. The van der Waals surface area contributed by atoms with Gasteiger partial charge in [-0.3, -0.25) is 0 Å². The van der Waals surface area contributed by atoms with Crippen LogP contribution in [0, 0.1) is 5.92 Å². The first-order valence-electron chi connectivity index (χ1n) is 12.0. The van der Waals surface area contributed by atoms with Gasteiger partial charge in [-0.05, 0) is 53.4 Å². The highest BCUT2D eigenvalue weighted by atomic mass is 32.2. The Morgan fingerprint density at radius 3 is 2.52 bits per heavy atom. The molecule has 1 heterocycles. The zero-order valence-electron chi connectivity index (χ0n) is 21.0. The number of methoxy groups -OCH3 is 1. The van der Waals surface area contributed by atoms with Gasteiger partial charge in [-0.1, -0.05) is 19.8 Å². The van der Waals surface area contributed by atoms with Crippen molar-refractivity contribution in [2.45, 2.75) is 103 Å². The van der Waals surface area contributed by atoms with E-state index in [1.165, 1.54) is 4.31 Å². The van der Waals surface area contributed by atoms with Crippen LogP contribution in [0.3, 0.4) is 0 Å². The molecule has 10 nitrogen and oxygen atoms in total. The maximum absolute atomic E-state index is 12.4. The highest BCUT2D eigenvalue weighted by Gasteiger charge is 2.37. The van der Waals surface area contributed by atoms with Crippen molar-refractivity contribution in [1.82, 2.24) is 14.3 Å². The molecule has 2 N–H and O–H groups in total. The van der Waals surface area contributed by atoms with E-state index in [-0.39, 0.29) is 30.9 Å². The molecule has 1 saturated carbocycles. The van der Waals surface area contributed by atoms with Crippen molar-refractivity contribution >= 4 is 16.3 Å². The van der Waals surface area contributed by atoms with E-state index in [1.54, 1.807) is 14.0 Å². The molecule has 33 heavy (non-hydrogen) atoms. The van der Waals surface area contributed by atoms with Crippen LogP contribution in [0.25, 0.3) is 0 Å². The summed E-state index contributed by atoms with van der Waals surface area (Å²) in [6, 6.07) is -0.244. The SMILES string of the molecule is CCN1C[C@@H](CCC(OCOC(C)OC)C2CCCCC2NC(=O)OC(C)(C)C)NS1(=O)=O. The van der Waals surface area contributed by atoms with Crippen molar-refractivity contribution in [1.29, 1.82) is 0 Å². The number of ether oxygens (including phenoxy) is 4. The van der Waals surface area contributed by atoms with Crippen molar-refractivity contribution in [3.63, 3.8) is 0 Å². The summed E-state index contributed by atoms with van der Waals surface area (Å²) in [6.45, 7) is 10.1. The summed E-state index contributed by atoms with van der Waals surface area (Å²) in [5, 5.41) is 3.05. The molecule has 0 spiro atoms. The molecule has 2 rings (SSSR count). The number of carbonyl (C=O) groups is 1. The second kappa shape index (κ2) is 12.6. The van der Waals surface area contributed by atoms with Crippen molar-refractivity contribution in [2.75, 3.05) is 27.0 Å². The number of carbonyl (C=O) groups excluding carboxylic acids is 1. The van der Waals surface area contributed by atoms with Gasteiger partial charge >= 0.3 is 6.09 Å². The zero-order valence-corrected chi connectivity index (χ0v) is 21.8. The molecular weight excluding hydrogens is 450 g/mol. The van der Waals surface area contributed by atoms with Crippen molar-refractivity contribution in [2.24, 2.45) is 5.92 Å². The lowest BCUT2D eigenvalue weighted by molar-refractivity contribution is -0.197. The minimum atomic E-state index is -3.41. The number of nitrogens with zero attached hydrogens (tertiary/aromatic N) is 1. The Morgan fingerprint density at radius 2 is 1.91 bits per heavy atom. The molecule has 1 aliphatic heterocycles. The van der Waals surface area contributed by atoms with Crippen molar-refractivity contribution in [3.8, 4) is 0 Å². The topological polar surface area (TPSA) is 115 Å². The summed E-state index contributed by atoms with van der Waals surface area (Å²) < 4.78 is 50.9. The molecule has 1 aliphatic carbocycles. The lowest BCUT2D eigenvalue weighted by Gasteiger charge is -2.38. The van der Waals surface area contributed by atoms with E-state index in [4.69, 9.17) is 18.9 Å². The van der Waals surface area contributed by atoms with Crippen LogP contribution in [-0.4, -0.2) is 75.9 Å². The summed E-state index contributed by atoms with van der Waals surface area (Å²) in [5.74, 6) is 0.0769. The lowest BCUT2D eigenvalue weighted by atomic mass is 9.79. The van der Waals surface area contributed by atoms with Crippen LogP contribution in [0.15, 0.2) is 0 Å². The molecule has 0 aromatic rings. The normalized spacial score (nSPS) is 27.8. The standard InChI is InChI=1S/C22H43N3O7S/c1-7-25-14-17(24-33(25,27)28)12-13-20(31-15-30-16(2)29-6)18-10-8-9-11-19(18)23-21(26)32-22(3,4)5/h16-20,24H,7-15H2,1-6H3,(H,23,26)/t16?,17-,18?,19?,20?/m1/s1. The zero-order chi connectivity index (χ0) is 24.6. The molecule has 194 valence electrons. The number of rotatable bonds is 11. The molecule has 0 aromatic carbocycles. The second-order valence-corrected chi connectivity index (χ2v) is 11.5. The maximum atomic E-state index is 12.4. The molecular formula is C22H43N3O7S. The Balaban J connectivity index is 2.05. The molecule has 4 unspecified atom stereocenters. The number of likely N-dealkylation sites (N-methyl/N-ethyl adjacent to an activating group) is 1. The quantitative estimate of drug-likeness (QED) is 0.425. The third-order valence-electron chi connectivity index (χ3n) is 6.15. The summed E-state index contributed by atoms with van der Waals surface area (Å²) in [7, 11) is -1.84. The van der Waals surface area contributed by atoms with Gasteiger partial charge in [0.2, 0.25) is 0 Å². The predicted molar refractivity (Wildman–Crippen MR) is 125 cm³/mol. The molecule has 0 aromatic heterocycles. The molecule has 1 saturated heterocycles. The Bertz CT molecular complexity index is 713. The minimum absolute atomic E-state index is 0.0623. The fourth-order valence-corrected chi connectivity index (χ4v) is 5.91. The molecule has 0 bridgehead atoms. The molecule has 2 aliphatic rings. The van der Waals surface area contributed by atoms with Crippen LogP contribution >= 0.6 is 0 Å². The fourth-order valence-electron chi connectivity index (χ4n) is 4.44. The van der Waals surface area contributed by atoms with Crippen LogP contribution in [0.2, 0.25) is 0 Å². The van der Waals surface area contributed by atoms with Crippen LogP contribution < -0.4 is 10.0 Å². The minimum Gasteiger partial charge on any atom is -0.444 e. The molecule has 2 fully saturated rings. The van der Waals surface area contributed by atoms with Gasteiger partial charge in [0.1, 0.15) is 12.4 Å². The van der Waals surface area contributed by atoms with E-state index in [1.807, 2.05) is 27.7 Å². The van der Waals surface area contributed by atoms with E-state index in [9.17, 15) is 13.2 Å². The molecule has 5 atom stereocenters. The average Bonchev–Trinajstić information content (AvgIpc) is 3.02. The Hall–Kier alpha value is -0.980. The van der Waals surface area contributed by atoms with E-state index < -0.39 is 28.2 Å². The molecule has 0 radical (unpaired) electrons. The fraction of sp³-hybridized carbons (Fsp3) is 0.955. The van der Waals surface area contributed by atoms with Gasteiger partial charge in [-0.25, -0.2) is 4.79 Å². The van der Waals surface area contributed by atoms with E-state index >= 15 is 0 Å². The van der Waals surface area contributed by atoms with Crippen LogP contribution in [0.1, 0.15) is 73.1 Å². The van der Waals surface area contributed by atoms with E-state index in [0.717, 1.165) is 25.7 Å². The largest absolute Gasteiger partial charge is 0.444 e. The van der Waals surface area contributed by atoms with Gasteiger partial charge in [0, 0.05) is 38.2 Å². The highest BCUT2D eigenvalue weighted by Crippen LogP contribution is 2.32. The first kappa shape index (κ1) is 28.3. The van der Waals surface area contributed by atoms with Gasteiger partial charge in [0.15, 0.2) is 6.29 Å². The van der Waals surface area contributed by atoms with Gasteiger partial charge < -0.3 is 24.3 Å². The van der Waals surface area contributed by atoms with E-state index in [0.29, 0.717) is 25.9 Å². The number of hydrogen-bond acceptors (Lipinski definition) is 7. The Labute approximate surface area is 199 Å². The van der Waals surface area contributed by atoms with Crippen LogP contribution in [-0.2, 0) is 29.2 Å². The monoisotopic (exact) mass is 493 g/mol. The van der Waals surface area contributed by atoms with Gasteiger partial charge in [0.05, 0.1) is 6.10 Å². The highest BCUT2D eigenvalue weighted by molar-refractivity contribution is 7.87. The summed E-state index contributed by atoms with van der Waals surface area (Å²) >= 11 is 0. The first-order valence-corrected chi connectivity index (χ1v) is 13.4. The first-order chi connectivity index (χ1) is 15.4. The van der Waals surface area contributed by atoms with Crippen LogP contribution in [0.5, 0.6) is 0 Å². The Kier molecular flexibility index (Phi) is 10.8. The summed E-state index contributed by atoms with van der Waals surface area (Å²) in [5.41, 5.74) is -0.570. The predicted octanol–water partition coefficient (Wildman–Crippen LogP) is 2.74. The van der Waals surface area contributed by atoms with Crippen molar-refractivity contribution < 1.29 is 32.2 Å². The molecule has 11 heteroatoms. The number of alkyl carbamates (subject to hydrolysis) is 1. The Morgan fingerprint density at radius 1 is 1.21 bits per heavy atom. The third kappa shape index (κ3) is 9.29. The summed E-state index contributed by atoms with van der Waals surface area (Å²) in [4.78, 5) is 12.4. The maximum Gasteiger partial charge on any atom is 0.407 e. The van der Waals surface area contributed by atoms with Gasteiger partial charge in [-0.2, -0.15) is 17.4 Å². The van der Waals surface area contributed by atoms with Gasteiger partial charge in [0.25, 0.3) is 10.2 Å². The molecule has 1 amide bonds. The summed E-state index contributed by atoms with van der Waals surface area (Å²) in [6.07, 6.45) is 4.08. The third-order valence-corrected chi connectivity index (χ3v) is 7.87. The van der Waals surface area contributed by atoms with Crippen LogP contribution in [0.4, 0.5) is 4.79 Å². The van der Waals surface area contributed by atoms with Crippen molar-refractivity contribution in [3.05, 3.63) is 0 Å². The number of amides is 1. The lowest BCUT2D eigenvalue weighted by Crippen LogP contribution is -2.49. The number of nitrogens with one attached hydrogen (secondary N) is 2. The van der Waals surface area contributed by atoms with Gasteiger partial charge in [-0.15, -0.1) is 0 Å². The van der Waals surface area contributed by atoms with E-state index in [2.05, 4.69) is 10.0 Å². The smallest absolute Gasteiger partial charge is 0.407 e. The average molecular weight is 494 g/mol. The second-order valence-electron chi connectivity index (χ2n) is 9.84.